The molecule has 1 N–H and O–H groups in total. The van der Waals surface area contributed by atoms with E-state index in [4.69, 9.17) is 42.6 Å². The van der Waals surface area contributed by atoms with Gasteiger partial charge in [0.15, 0.2) is 12.7 Å². The molecular formula is C52H82FN7O10S+2. The van der Waals surface area contributed by atoms with Crippen molar-refractivity contribution in [3.05, 3.63) is 71.4 Å². The zero-order valence-electron chi connectivity index (χ0n) is 42.7. The third-order valence-corrected chi connectivity index (χ3v) is 13.0. The number of quaternary nitrogens is 1. The van der Waals surface area contributed by atoms with E-state index in [1.165, 1.54) is 32.1 Å². The van der Waals surface area contributed by atoms with Crippen LogP contribution >= 0.6 is 11.8 Å². The summed E-state index contributed by atoms with van der Waals surface area (Å²) in [6.45, 7) is 12.6. The predicted molar refractivity (Wildman–Crippen MR) is 274 cm³/mol. The number of aryl methyl sites for hydroxylation is 1. The van der Waals surface area contributed by atoms with Gasteiger partial charge in [0.25, 0.3) is 0 Å². The number of alkyl halides is 1. The molecule has 0 bridgehead atoms. The highest BCUT2D eigenvalue weighted by molar-refractivity contribution is 8.03. The molecule has 0 spiro atoms. The first kappa shape index (κ1) is 58.0. The van der Waals surface area contributed by atoms with Crippen LogP contribution in [-0.4, -0.2) is 201 Å². The van der Waals surface area contributed by atoms with E-state index in [0.29, 0.717) is 138 Å². The third-order valence-electron chi connectivity index (χ3n) is 11.8. The van der Waals surface area contributed by atoms with Crippen LogP contribution in [0.15, 0.2) is 81.1 Å². The summed E-state index contributed by atoms with van der Waals surface area (Å²) in [7, 11) is 6.78. The molecule has 0 radical (unpaired) electrons. The Balaban J connectivity index is 0.737. The van der Waals surface area contributed by atoms with Gasteiger partial charge in [-0.15, -0.1) is 0 Å². The smallest absolute Gasteiger partial charge is 0.220 e. The Morgan fingerprint density at radius 2 is 1.32 bits per heavy atom. The van der Waals surface area contributed by atoms with E-state index in [1.54, 1.807) is 0 Å². The van der Waals surface area contributed by atoms with Gasteiger partial charge in [-0.1, -0.05) is 41.3 Å². The number of pyridine rings is 1. The van der Waals surface area contributed by atoms with Crippen LogP contribution in [0.5, 0.6) is 0 Å². The first-order valence-electron chi connectivity index (χ1n) is 25.5. The van der Waals surface area contributed by atoms with Gasteiger partial charge in [-0.05, 0) is 49.1 Å². The molecule has 17 nitrogen and oxygen atoms in total. The first-order chi connectivity index (χ1) is 34.8. The molecule has 0 saturated carbocycles. The summed E-state index contributed by atoms with van der Waals surface area (Å²) in [6, 6.07) is 19.6. The number of carbonyl (C=O) groups excluding carboxylic acids is 1. The Morgan fingerprint density at radius 1 is 0.732 bits per heavy atom. The number of hydrogen-bond acceptors (Lipinski definition) is 15. The van der Waals surface area contributed by atoms with Crippen LogP contribution in [0, 0.1) is 0 Å². The molecule has 19 heteroatoms. The predicted octanol–water partition coefficient (Wildman–Crippen LogP) is 5.98. The van der Waals surface area contributed by atoms with Crippen LogP contribution in [0.4, 0.5) is 10.1 Å². The highest BCUT2D eigenvalue weighted by atomic mass is 32.2. The molecule has 1 unspecified atom stereocenters. The van der Waals surface area contributed by atoms with Gasteiger partial charge in [-0.2, -0.15) is 9.68 Å². The molecular weight excluding hydrogens is 933 g/mol. The van der Waals surface area contributed by atoms with E-state index in [-0.39, 0.29) is 18.6 Å². The maximum atomic E-state index is 12.4. The molecule has 0 saturated heterocycles. The van der Waals surface area contributed by atoms with Gasteiger partial charge in [-0.3, -0.25) is 9.80 Å². The molecule has 0 aliphatic carbocycles. The first-order valence-corrected chi connectivity index (χ1v) is 26.3. The van der Waals surface area contributed by atoms with Gasteiger partial charge < -0.3 is 57.3 Å². The van der Waals surface area contributed by atoms with Crippen LogP contribution in [0.1, 0.15) is 37.7 Å². The van der Waals surface area contributed by atoms with Crippen LogP contribution in [0.2, 0.25) is 0 Å². The maximum Gasteiger partial charge on any atom is 0.220 e. The Labute approximate surface area is 425 Å². The second-order valence-corrected chi connectivity index (χ2v) is 19.0. The lowest BCUT2D eigenvalue weighted by molar-refractivity contribution is -0.892. The number of hydrogen-bond donors (Lipinski definition) is 1. The lowest BCUT2D eigenvalue weighted by atomic mass is 10.1. The Hall–Kier alpha value is -3.86. The number of amides is 1. The van der Waals surface area contributed by atoms with Crippen LogP contribution in [-0.2, 0) is 54.0 Å². The molecule has 3 aromatic rings. The van der Waals surface area contributed by atoms with Gasteiger partial charge in [0.1, 0.15) is 12.7 Å². The van der Waals surface area contributed by atoms with Gasteiger partial charge >= 0.3 is 0 Å². The van der Waals surface area contributed by atoms with E-state index in [0.717, 1.165) is 49.8 Å². The molecule has 0 fully saturated rings. The van der Waals surface area contributed by atoms with E-state index < -0.39 is 6.67 Å². The number of para-hydroxylation sites is 2. The van der Waals surface area contributed by atoms with Crippen LogP contribution < -0.4 is 14.8 Å². The Kier molecular flexibility index (Phi) is 28.9. The minimum atomic E-state index is -0.483. The number of nitrogens with one attached hydrogen (secondary N) is 1. The fourth-order valence-electron chi connectivity index (χ4n) is 7.91. The van der Waals surface area contributed by atoms with Crippen molar-refractivity contribution >= 4 is 40.3 Å². The number of benzene rings is 2. The van der Waals surface area contributed by atoms with Crippen molar-refractivity contribution in [3.8, 4) is 0 Å². The zero-order valence-corrected chi connectivity index (χ0v) is 43.5. The minimum Gasteiger partial charge on any atom is -0.377 e. The highest BCUT2D eigenvalue weighted by Crippen LogP contribution is 2.45. The molecule has 3 heterocycles. The summed E-state index contributed by atoms with van der Waals surface area (Å²) in [5, 5.41) is 15.8. The number of aromatic nitrogens is 1. The molecule has 2 aliphatic rings. The normalized spacial score (nSPS) is 15.2. The summed E-state index contributed by atoms with van der Waals surface area (Å²) in [6.07, 6.45) is 9.22. The van der Waals surface area contributed by atoms with E-state index in [9.17, 15) is 9.18 Å². The average Bonchev–Trinajstić information content (AvgIpc) is 3.96. The molecule has 396 valence electrons. The Morgan fingerprint density at radius 3 is 2.00 bits per heavy atom. The lowest BCUT2D eigenvalue weighted by Gasteiger charge is -2.29. The van der Waals surface area contributed by atoms with Crippen molar-refractivity contribution < 1.29 is 60.9 Å². The van der Waals surface area contributed by atoms with Gasteiger partial charge in [0.2, 0.25) is 11.4 Å². The fourth-order valence-corrected chi connectivity index (χ4v) is 9.02. The monoisotopic (exact) mass is 1010 g/mol. The topological polar surface area (TPSA) is 147 Å². The molecule has 5 rings (SSSR count). The molecule has 1 amide bonds. The molecule has 1 aromatic heterocycles. The molecule has 71 heavy (non-hydrogen) atoms. The fraction of sp³-hybridized carbons (Fsp3) is 0.654. The number of thioether (sulfide) groups is 1. The molecule has 2 aliphatic heterocycles. The van der Waals surface area contributed by atoms with Crippen molar-refractivity contribution in [2.75, 3.05) is 184 Å². The van der Waals surface area contributed by atoms with Crippen molar-refractivity contribution in [3.63, 3.8) is 0 Å². The SMILES string of the molecule is CN1C(=Cc2cc[n+](CCC[N+](C)(C)CCCCCC(=O)NCCOCCOCCOCCOCCOCCOCCN3CC(COCCOCCOCC[18F])N=N3)c3ccccc23)Sc2ccccc21. The Bertz CT molecular complexity index is 1990. The maximum absolute atomic E-state index is 12.4. The van der Waals surface area contributed by atoms with E-state index >= 15 is 0 Å². The van der Waals surface area contributed by atoms with Gasteiger partial charge in [0, 0.05) is 37.0 Å². The van der Waals surface area contributed by atoms with Gasteiger partial charge in [-0.25, -0.2) is 4.39 Å². The summed E-state index contributed by atoms with van der Waals surface area (Å²) < 4.78 is 64.8. The number of unbranched alkanes of at least 4 members (excludes halogenated alkanes) is 2. The van der Waals surface area contributed by atoms with Crippen molar-refractivity contribution in [2.45, 2.75) is 49.6 Å². The second-order valence-electron chi connectivity index (χ2n) is 17.9. The van der Waals surface area contributed by atoms with Crippen molar-refractivity contribution in [1.82, 2.24) is 10.3 Å². The molecule has 2 aromatic carbocycles. The summed E-state index contributed by atoms with van der Waals surface area (Å²) in [5.41, 5.74) is 3.76. The second kappa shape index (κ2) is 35.3. The van der Waals surface area contributed by atoms with E-state index in [2.05, 4.69) is 113 Å². The van der Waals surface area contributed by atoms with Gasteiger partial charge in [0.05, 0.1) is 182 Å². The third kappa shape index (κ3) is 23.7. The number of nitrogens with zero attached hydrogens (tertiary/aromatic N) is 6. The summed E-state index contributed by atoms with van der Waals surface area (Å²) >= 11 is 1.83. The van der Waals surface area contributed by atoms with Crippen LogP contribution in [0.3, 0.4) is 0 Å². The van der Waals surface area contributed by atoms with E-state index in [1.807, 2.05) is 16.8 Å². The van der Waals surface area contributed by atoms with Crippen molar-refractivity contribution in [2.24, 2.45) is 10.3 Å². The van der Waals surface area contributed by atoms with Crippen molar-refractivity contribution in [1.29, 1.82) is 0 Å². The highest BCUT2D eigenvalue weighted by Gasteiger charge is 2.23. The number of carbonyl (C=O) groups is 1. The quantitative estimate of drug-likeness (QED) is 0.0404. The number of halogens is 1. The molecule has 1 atom stereocenters. The number of fused-ring (bicyclic) bond motifs is 2. The number of anilines is 1. The average molecular weight is 1020 g/mol. The standard InChI is InChI=1S/C52H81FN7O10S/c1-57-49-14-8-9-15-50(49)71-52(57)42-45-17-21-58(48-13-7-6-12-47(45)48)20-11-24-60(2,3)23-10-4-5-16-51(61)54-19-26-63-29-32-65-34-36-67-38-39-68-37-35-66-33-30-64-27-22-59-43-46(55-56-59)44-70-41-40-69-31-28-62-25-18-53/h6-9,12-15,17,21,42,46H,4-5,10-11,16,18-20,22-41,43-44H2,1-3H3/q+1/p+1/i53-1. The minimum absolute atomic E-state index is 0.00156. The zero-order chi connectivity index (χ0) is 50.0. The lowest BCUT2D eigenvalue weighted by Crippen LogP contribution is -2.44. The number of rotatable bonds is 42. The van der Waals surface area contributed by atoms with Crippen LogP contribution in [0.25, 0.3) is 17.0 Å². The summed E-state index contributed by atoms with van der Waals surface area (Å²) in [5.74, 6) is 0.0790. The summed E-state index contributed by atoms with van der Waals surface area (Å²) in [4.78, 5) is 16.0. The largest absolute Gasteiger partial charge is 0.377 e. The number of ether oxygens (including phenoxy) is 9.